The fourth-order valence-corrected chi connectivity index (χ4v) is 2.08. The predicted molar refractivity (Wildman–Crippen MR) is 76.6 cm³/mol. The van der Waals surface area contributed by atoms with Crippen LogP contribution < -0.4 is 10.1 Å². The molecule has 1 heterocycles. The Morgan fingerprint density at radius 3 is 2.63 bits per heavy atom. The van der Waals surface area contributed by atoms with Crippen molar-refractivity contribution >= 4 is 0 Å². The monoisotopic (exact) mass is 259 g/mol. The van der Waals surface area contributed by atoms with Gasteiger partial charge in [-0.25, -0.2) is 0 Å². The van der Waals surface area contributed by atoms with Gasteiger partial charge in [-0.15, -0.1) is 0 Å². The molecular formula is C16H21NO2. The molecule has 3 heteroatoms. The van der Waals surface area contributed by atoms with Crippen molar-refractivity contribution in [3.8, 4) is 5.75 Å². The van der Waals surface area contributed by atoms with Gasteiger partial charge in [0.2, 0.25) is 0 Å². The fourth-order valence-electron chi connectivity index (χ4n) is 2.08. The van der Waals surface area contributed by atoms with Crippen molar-refractivity contribution in [2.75, 3.05) is 13.7 Å². The minimum atomic E-state index is 0.448. The molecule has 2 rings (SSSR count). The van der Waals surface area contributed by atoms with Crippen LogP contribution in [0.1, 0.15) is 18.2 Å². The van der Waals surface area contributed by atoms with E-state index in [0.29, 0.717) is 6.04 Å². The Morgan fingerprint density at radius 2 is 2.00 bits per heavy atom. The summed E-state index contributed by atoms with van der Waals surface area (Å²) in [6, 6.07) is 12.6. The van der Waals surface area contributed by atoms with Gasteiger partial charge in [0.1, 0.15) is 11.5 Å². The van der Waals surface area contributed by atoms with Gasteiger partial charge in [0, 0.05) is 19.0 Å². The molecule has 3 nitrogen and oxygen atoms in total. The Kier molecular flexibility index (Phi) is 5.04. The second kappa shape index (κ2) is 7.00. The smallest absolute Gasteiger partial charge is 0.118 e. The zero-order chi connectivity index (χ0) is 13.5. The molecular weight excluding hydrogens is 238 g/mol. The number of nitrogens with one attached hydrogen (secondary N) is 1. The highest BCUT2D eigenvalue weighted by Crippen LogP contribution is 2.12. The summed E-state index contributed by atoms with van der Waals surface area (Å²) in [4.78, 5) is 0. The summed E-state index contributed by atoms with van der Waals surface area (Å²) in [5, 5.41) is 3.51. The minimum Gasteiger partial charge on any atom is -0.497 e. The Bertz CT molecular complexity index is 462. The van der Waals surface area contributed by atoms with Gasteiger partial charge in [-0.1, -0.05) is 12.1 Å². The molecule has 0 spiro atoms. The first-order chi connectivity index (χ1) is 9.28. The average molecular weight is 259 g/mol. The lowest BCUT2D eigenvalue weighted by molar-refractivity contribution is 0.414. The summed E-state index contributed by atoms with van der Waals surface area (Å²) in [6.07, 6.45) is 3.66. The molecule has 102 valence electrons. The quantitative estimate of drug-likeness (QED) is 0.830. The van der Waals surface area contributed by atoms with Crippen LogP contribution in [0.4, 0.5) is 0 Å². The van der Waals surface area contributed by atoms with E-state index in [0.717, 1.165) is 30.9 Å². The summed E-state index contributed by atoms with van der Waals surface area (Å²) < 4.78 is 10.5. The lowest BCUT2D eigenvalue weighted by Crippen LogP contribution is -2.29. The molecule has 2 aromatic rings. The SMILES string of the molecule is COc1ccc(CC(C)NCCc2ccco2)cc1. The number of hydrogen-bond acceptors (Lipinski definition) is 3. The third-order valence-corrected chi connectivity index (χ3v) is 3.15. The van der Waals surface area contributed by atoms with E-state index in [1.165, 1.54) is 5.56 Å². The third-order valence-electron chi connectivity index (χ3n) is 3.15. The van der Waals surface area contributed by atoms with Crippen LogP contribution in [0.25, 0.3) is 0 Å². The first-order valence-corrected chi connectivity index (χ1v) is 6.66. The number of ether oxygens (including phenoxy) is 1. The van der Waals surface area contributed by atoms with E-state index in [4.69, 9.17) is 9.15 Å². The molecule has 0 aliphatic carbocycles. The summed E-state index contributed by atoms with van der Waals surface area (Å²) in [6.45, 7) is 3.14. The Balaban J connectivity index is 1.72. The Labute approximate surface area is 114 Å². The van der Waals surface area contributed by atoms with Gasteiger partial charge in [0.15, 0.2) is 0 Å². The molecule has 0 saturated heterocycles. The largest absolute Gasteiger partial charge is 0.497 e. The van der Waals surface area contributed by atoms with E-state index in [2.05, 4.69) is 24.4 Å². The highest BCUT2D eigenvalue weighted by molar-refractivity contribution is 5.27. The van der Waals surface area contributed by atoms with Crippen LogP contribution in [-0.2, 0) is 12.8 Å². The Hall–Kier alpha value is -1.74. The maximum absolute atomic E-state index is 5.31. The van der Waals surface area contributed by atoms with E-state index in [1.54, 1.807) is 13.4 Å². The van der Waals surface area contributed by atoms with Crippen molar-refractivity contribution in [2.45, 2.75) is 25.8 Å². The number of methoxy groups -OCH3 is 1. The topological polar surface area (TPSA) is 34.4 Å². The van der Waals surface area contributed by atoms with Crippen molar-refractivity contribution in [3.05, 3.63) is 54.0 Å². The second-order valence-electron chi connectivity index (χ2n) is 4.74. The normalized spacial score (nSPS) is 12.3. The molecule has 1 unspecified atom stereocenters. The van der Waals surface area contributed by atoms with Gasteiger partial charge in [0.05, 0.1) is 13.4 Å². The lowest BCUT2D eigenvalue weighted by atomic mass is 10.1. The molecule has 19 heavy (non-hydrogen) atoms. The van der Waals surface area contributed by atoms with Crippen LogP contribution in [0, 0.1) is 0 Å². The number of hydrogen-bond donors (Lipinski definition) is 1. The van der Waals surface area contributed by atoms with E-state index >= 15 is 0 Å². The zero-order valence-electron chi connectivity index (χ0n) is 11.6. The van der Waals surface area contributed by atoms with Gasteiger partial charge in [-0.3, -0.25) is 0 Å². The highest BCUT2D eigenvalue weighted by Gasteiger charge is 2.04. The van der Waals surface area contributed by atoms with Crippen molar-refractivity contribution in [3.63, 3.8) is 0 Å². The summed E-state index contributed by atoms with van der Waals surface area (Å²) in [5.41, 5.74) is 1.32. The first kappa shape index (κ1) is 13.7. The molecule has 1 aromatic carbocycles. The lowest BCUT2D eigenvalue weighted by Gasteiger charge is -2.13. The minimum absolute atomic E-state index is 0.448. The molecule has 0 radical (unpaired) electrons. The van der Waals surface area contributed by atoms with E-state index in [1.807, 2.05) is 24.3 Å². The van der Waals surface area contributed by atoms with Crippen LogP contribution >= 0.6 is 0 Å². The van der Waals surface area contributed by atoms with Crippen molar-refractivity contribution in [1.82, 2.24) is 5.32 Å². The average Bonchev–Trinajstić information content (AvgIpc) is 2.93. The van der Waals surface area contributed by atoms with Gasteiger partial charge < -0.3 is 14.5 Å². The molecule has 0 saturated carbocycles. The van der Waals surface area contributed by atoms with Crippen LogP contribution in [-0.4, -0.2) is 19.7 Å². The zero-order valence-corrected chi connectivity index (χ0v) is 11.6. The third kappa shape index (κ3) is 4.45. The first-order valence-electron chi connectivity index (χ1n) is 6.66. The second-order valence-corrected chi connectivity index (χ2v) is 4.74. The fraction of sp³-hybridized carbons (Fsp3) is 0.375. The summed E-state index contributed by atoms with van der Waals surface area (Å²) in [7, 11) is 1.69. The number of rotatable bonds is 7. The molecule has 0 bridgehead atoms. The summed E-state index contributed by atoms with van der Waals surface area (Å²) >= 11 is 0. The standard InChI is InChI=1S/C16H21NO2/c1-13(17-10-9-16-4-3-11-19-16)12-14-5-7-15(18-2)8-6-14/h3-8,11,13,17H,9-10,12H2,1-2H3. The molecule has 1 N–H and O–H groups in total. The van der Waals surface area contributed by atoms with Gasteiger partial charge >= 0.3 is 0 Å². The number of benzene rings is 1. The van der Waals surface area contributed by atoms with Crippen LogP contribution in [0.2, 0.25) is 0 Å². The Morgan fingerprint density at radius 1 is 1.21 bits per heavy atom. The number of furan rings is 1. The summed E-state index contributed by atoms with van der Waals surface area (Å²) in [5.74, 6) is 1.94. The molecule has 0 aliphatic rings. The van der Waals surface area contributed by atoms with E-state index in [-0.39, 0.29) is 0 Å². The predicted octanol–water partition coefficient (Wildman–Crippen LogP) is 3.05. The van der Waals surface area contributed by atoms with E-state index in [9.17, 15) is 0 Å². The molecule has 1 aromatic heterocycles. The van der Waals surface area contributed by atoms with Crippen LogP contribution in [0.15, 0.2) is 47.1 Å². The maximum atomic E-state index is 5.31. The van der Waals surface area contributed by atoms with Gasteiger partial charge in [0.25, 0.3) is 0 Å². The van der Waals surface area contributed by atoms with Crippen molar-refractivity contribution < 1.29 is 9.15 Å². The highest BCUT2D eigenvalue weighted by atomic mass is 16.5. The molecule has 0 amide bonds. The van der Waals surface area contributed by atoms with Crippen molar-refractivity contribution in [2.24, 2.45) is 0 Å². The molecule has 1 atom stereocenters. The molecule has 0 fully saturated rings. The van der Waals surface area contributed by atoms with Gasteiger partial charge in [-0.05, 0) is 43.2 Å². The van der Waals surface area contributed by atoms with Crippen LogP contribution in [0.3, 0.4) is 0 Å². The van der Waals surface area contributed by atoms with Crippen molar-refractivity contribution in [1.29, 1.82) is 0 Å². The van der Waals surface area contributed by atoms with E-state index < -0.39 is 0 Å². The van der Waals surface area contributed by atoms with Gasteiger partial charge in [-0.2, -0.15) is 0 Å². The van der Waals surface area contributed by atoms with Crippen LogP contribution in [0.5, 0.6) is 5.75 Å². The maximum Gasteiger partial charge on any atom is 0.118 e. The molecule has 0 aliphatic heterocycles.